The van der Waals surface area contributed by atoms with Crippen LogP contribution in [0.4, 0.5) is 0 Å². The highest BCUT2D eigenvalue weighted by Gasteiger charge is 2.57. The number of hydrogen-bond donors (Lipinski definition) is 0. The Morgan fingerprint density at radius 3 is 1.19 bits per heavy atom. The number of epoxide rings is 2. The monoisotopic (exact) mass is 572 g/mol. The van der Waals surface area contributed by atoms with Gasteiger partial charge < -0.3 is 25.9 Å². The topological polar surface area (TPSA) is 62.0 Å². The average molecular weight is 573 g/mol. The van der Waals surface area contributed by atoms with Gasteiger partial charge in [0.25, 0.3) is 0 Å². The third-order valence-electron chi connectivity index (χ3n) is 9.37. The number of hydrogen-bond acceptors (Lipinski definition) is 6. The maximum Gasteiger partial charge on any atom is 0.317 e. The van der Waals surface area contributed by atoms with E-state index in [0.29, 0.717) is 24.4 Å². The molecule has 0 aromatic rings. The second-order valence-corrected chi connectivity index (χ2v) is 27.6. The van der Waals surface area contributed by atoms with Crippen LogP contribution in [0.2, 0.25) is 50.4 Å². The fourth-order valence-electron chi connectivity index (χ4n) is 7.66. The van der Waals surface area contributed by atoms with Gasteiger partial charge in [0.1, 0.15) is 0 Å². The first kappa shape index (κ1) is 28.2. The lowest BCUT2D eigenvalue weighted by atomic mass is 9.88. The molecule has 0 aromatic carbocycles. The van der Waals surface area contributed by atoms with Crippen LogP contribution >= 0.6 is 0 Å². The molecule has 10 unspecified atom stereocenters. The molecule has 6 nitrogen and oxygen atoms in total. The largest absolute Gasteiger partial charge is 0.416 e. The maximum atomic E-state index is 7.37. The van der Waals surface area contributed by atoms with Crippen LogP contribution in [0.3, 0.4) is 0 Å². The second kappa shape index (κ2) is 10.9. The van der Waals surface area contributed by atoms with Crippen LogP contribution in [-0.4, -0.2) is 58.7 Å². The standard InChI is InChI=1S/C26H52O6Si4/c1-7-15-33(3)29-34(4,16-8-2)31-36(6,18-14-22-10-12-24-26(20-22)28-24)32-35(5,30-33)17-13-21-9-11-23-25(19-21)27-23/h21-26H,7-20H2,1-6H3. The van der Waals surface area contributed by atoms with E-state index < -0.39 is 34.2 Å². The molecule has 0 spiro atoms. The van der Waals surface area contributed by atoms with Crippen molar-refractivity contribution >= 4 is 34.2 Å². The van der Waals surface area contributed by atoms with Gasteiger partial charge in [-0.05, 0) is 114 Å². The summed E-state index contributed by atoms with van der Waals surface area (Å²) in [6.07, 6.45) is 14.3. The van der Waals surface area contributed by atoms with Gasteiger partial charge >= 0.3 is 34.2 Å². The van der Waals surface area contributed by atoms with E-state index in [4.69, 9.17) is 25.9 Å². The highest BCUT2D eigenvalue weighted by Crippen LogP contribution is 2.45. The maximum absolute atomic E-state index is 7.37. The molecule has 2 aliphatic carbocycles. The van der Waals surface area contributed by atoms with E-state index in [2.05, 4.69) is 40.0 Å². The lowest BCUT2D eigenvalue weighted by Crippen LogP contribution is -2.67. The molecule has 0 aromatic heterocycles. The third kappa shape index (κ3) is 7.03. The first-order valence-electron chi connectivity index (χ1n) is 15.2. The van der Waals surface area contributed by atoms with Crippen molar-refractivity contribution in [2.24, 2.45) is 11.8 Å². The summed E-state index contributed by atoms with van der Waals surface area (Å²) in [6, 6.07) is 4.17. The Hall–Kier alpha value is 0.628. The minimum Gasteiger partial charge on any atom is -0.416 e. The number of rotatable bonds is 10. The van der Waals surface area contributed by atoms with Crippen LogP contribution in [0.25, 0.3) is 0 Å². The SMILES string of the molecule is CCC[Si]1(C)O[Si](C)(CCC)O[Si](C)(CCC2CCC3OC3C2)O[Si](C)(CCC2CCC3OC3C2)O1. The molecule has 0 N–H and O–H groups in total. The molecule has 2 saturated carbocycles. The van der Waals surface area contributed by atoms with Gasteiger partial charge in [0, 0.05) is 0 Å². The van der Waals surface area contributed by atoms with Crippen molar-refractivity contribution in [2.75, 3.05) is 0 Å². The molecule has 10 heteroatoms. The van der Waals surface area contributed by atoms with E-state index in [1.807, 2.05) is 0 Å². The van der Waals surface area contributed by atoms with Crippen molar-refractivity contribution in [2.45, 2.75) is 153 Å². The lowest BCUT2D eigenvalue weighted by molar-refractivity contribution is 0.216. The highest BCUT2D eigenvalue weighted by molar-refractivity contribution is 6.93. The molecule has 0 bridgehead atoms. The molecule has 0 amide bonds. The van der Waals surface area contributed by atoms with E-state index >= 15 is 0 Å². The summed E-state index contributed by atoms with van der Waals surface area (Å²) in [5, 5.41) is 0. The van der Waals surface area contributed by atoms with E-state index in [-0.39, 0.29) is 0 Å². The summed E-state index contributed by atoms with van der Waals surface area (Å²) >= 11 is 0. The Morgan fingerprint density at radius 2 is 0.861 bits per heavy atom. The summed E-state index contributed by atoms with van der Waals surface area (Å²) in [4.78, 5) is 0. The third-order valence-corrected chi connectivity index (χ3v) is 28.4. The number of ether oxygens (including phenoxy) is 2. The van der Waals surface area contributed by atoms with Gasteiger partial charge in [-0.1, -0.05) is 26.7 Å². The van der Waals surface area contributed by atoms with E-state index in [1.54, 1.807) is 0 Å². The zero-order valence-corrected chi connectivity index (χ0v) is 27.8. The zero-order valence-electron chi connectivity index (χ0n) is 23.8. The zero-order chi connectivity index (χ0) is 25.6. The van der Waals surface area contributed by atoms with E-state index in [1.165, 1.54) is 51.4 Å². The summed E-state index contributed by atoms with van der Waals surface area (Å²) in [6.45, 7) is 13.8. The molecular formula is C26H52O6Si4. The molecular weight excluding hydrogens is 521 g/mol. The van der Waals surface area contributed by atoms with Crippen molar-refractivity contribution in [1.29, 1.82) is 0 Å². The molecule has 5 aliphatic rings. The van der Waals surface area contributed by atoms with Crippen molar-refractivity contribution in [1.82, 2.24) is 0 Å². The van der Waals surface area contributed by atoms with Gasteiger partial charge in [-0.15, -0.1) is 0 Å². The van der Waals surface area contributed by atoms with Crippen LogP contribution in [0.1, 0.15) is 78.1 Å². The van der Waals surface area contributed by atoms with Gasteiger partial charge in [0.15, 0.2) is 0 Å². The van der Waals surface area contributed by atoms with Gasteiger partial charge in [-0.25, -0.2) is 0 Å². The Balaban J connectivity index is 1.32. The fourth-order valence-corrected chi connectivity index (χ4v) is 31.4. The number of fused-ring (bicyclic) bond motifs is 2. The first-order valence-corrected chi connectivity index (χ1v) is 25.2. The smallest absolute Gasteiger partial charge is 0.317 e. The molecule has 208 valence electrons. The summed E-state index contributed by atoms with van der Waals surface area (Å²) in [7, 11) is -9.71. The molecule has 5 fully saturated rings. The minimum absolute atomic E-state index is 0.537. The molecule has 3 saturated heterocycles. The van der Waals surface area contributed by atoms with Gasteiger partial charge in [-0.2, -0.15) is 0 Å². The van der Waals surface area contributed by atoms with Gasteiger partial charge in [0.2, 0.25) is 0 Å². The Kier molecular flexibility index (Phi) is 8.52. The second-order valence-electron chi connectivity index (χ2n) is 13.3. The molecule has 10 atom stereocenters. The predicted molar refractivity (Wildman–Crippen MR) is 152 cm³/mol. The summed E-state index contributed by atoms with van der Waals surface area (Å²) in [5.41, 5.74) is 0. The Bertz CT molecular complexity index is 719. The molecule has 3 aliphatic heterocycles. The van der Waals surface area contributed by atoms with Crippen LogP contribution in [0.5, 0.6) is 0 Å². The summed E-state index contributed by atoms with van der Waals surface area (Å²) in [5.74, 6) is 1.50. The van der Waals surface area contributed by atoms with Gasteiger partial charge in [0.05, 0.1) is 24.4 Å². The predicted octanol–water partition coefficient (Wildman–Crippen LogP) is 7.09. The first-order chi connectivity index (χ1) is 17.0. The van der Waals surface area contributed by atoms with Crippen molar-refractivity contribution in [3.8, 4) is 0 Å². The van der Waals surface area contributed by atoms with Crippen LogP contribution in [-0.2, 0) is 25.9 Å². The lowest BCUT2D eigenvalue weighted by Gasteiger charge is -2.50. The van der Waals surface area contributed by atoms with E-state index in [9.17, 15) is 0 Å². The normalized spacial score (nSPS) is 50.5. The Labute approximate surface area is 224 Å². The average Bonchev–Trinajstić information content (AvgIpc) is 3.69. The molecule has 36 heavy (non-hydrogen) atoms. The van der Waals surface area contributed by atoms with Crippen LogP contribution in [0.15, 0.2) is 0 Å². The fraction of sp³-hybridized carbons (Fsp3) is 1.00. The van der Waals surface area contributed by atoms with Crippen molar-refractivity contribution in [3.63, 3.8) is 0 Å². The van der Waals surface area contributed by atoms with Crippen molar-refractivity contribution in [3.05, 3.63) is 0 Å². The van der Waals surface area contributed by atoms with Crippen LogP contribution in [0, 0.1) is 11.8 Å². The quantitative estimate of drug-likeness (QED) is 0.206. The minimum atomic E-state index is -2.47. The Morgan fingerprint density at radius 1 is 0.500 bits per heavy atom. The highest BCUT2D eigenvalue weighted by atomic mass is 28.5. The van der Waals surface area contributed by atoms with Gasteiger partial charge in [-0.3, -0.25) is 0 Å². The van der Waals surface area contributed by atoms with Crippen molar-refractivity contribution < 1.29 is 25.9 Å². The molecule has 0 radical (unpaired) electrons. The summed E-state index contributed by atoms with van der Waals surface area (Å²) < 4.78 is 40.7. The molecule has 5 rings (SSSR count). The van der Waals surface area contributed by atoms with E-state index in [0.717, 1.165) is 48.9 Å². The van der Waals surface area contributed by atoms with Crippen LogP contribution < -0.4 is 0 Å². The molecule has 3 heterocycles.